The van der Waals surface area contributed by atoms with E-state index in [1.807, 2.05) is 6.20 Å². The minimum absolute atomic E-state index is 0.550. The molecular formula is C9H6BrCl2N3. The van der Waals surface area contributed by atoms with E-state index in [2.05, 4.69) is 26.2 Å². The van der Waals surface area contributed by atoms with E-state index in [1.54, 1.807) is 22.9 Å². The Balaban J connectivity index is 2.44. The van der Waals surface area contributed by atoms with E-state index in [-0.39, 0.29) is 0 Å². The van der Waals surface area contributed by atoms with E-state index < -0.39 is 0 Å². The van der Waals surface area contributed by atoms with Crippen LogP contribution in [-0.2, 0) is 5.33 Å². The van der Waals surface area contributed by atoms with Crippen LogP contribution in [0.3, 0.4) is 0 Å². The van der Waals surface area contributed by atoms with Gasteiger partial charge in [-0.3, -0.25) is 0 Å². The summed E-state index contributed by atoms with van der Waals surface area (Å²) in [5.41, 5.74) is 1.61. The van der Waals surface area contributed by atoms with Gasteiger partial charge in [-0.2, -0.15) is 0 Å². The van der Waals surface area contributed by atoms with Gasteiger partial charge < -0.3 is 0 Å². The molecule has 0 saturated carbocycles. The number of alkyl halides is 1. The van der Waals surface area contributed by atoms with Crippen LogP contribution < -0.4 is 0 Å². The number of hydrogen-bond acceptors (Lipinski definition) is 2. The highest BCUT2D eigenvalue weighted by atomic mass is 79.9. The van der Waals surface area contributed by atoms with Gasteiger partial charge in [0.2, 0.25) is 0 Å². The Morgan fingerprint density at radius 1 is 1.33 bits per heavy atom. The van der Waals surface area contributed by atoms with Gasteiger partial charge in [-0.25, -0.2) is 4.68 Å². The molecule has 0 saturated heterocycles. The molecule has 1 aromatic heterocycles. The Bertz CT molecular complexity index is 484. The van der Waals surface area contributed by atoms with Gasteiger partial charge >= 0.3 is 0 Å². The van der Waals surface area contributed by atoms with Gasteiger partial charge in [0.15, 0.2) is 0 Å². The summed E-state index contributed by atoms with van der Waals surface area (Å²) in [5, 5.41) is 9.72. The zero-order valence-electron chi connectivity index (χ0n) is 7.49. The second-order valence-corrected chi connectivity index (χ2v) is 4.29. The predicted octanol–water partition coefficient (Wildman–Crippen LogP) is 3.47. The van der Waals surface area contributed by atoms with E-state index >= 15 is 0 Å². The fraction of sp³-hybridized carbons (Fsp3) is 0.111. The van der Waals surface area contributed by atoms with Crippen LogP contribution in [0.5, 0.6) is 0 Å². The molecule has 0 radical (unpaired) electrons. The highest BCUT2D eigenvalue weighted by molar-refractivity contribution is 9.08. The van der Waals surface area contributed by atoms with Crippen LogP contribution in [0.1, 0.15) is 5.69 Å². The number of aromatic nitrogens is 3. The minimum atomic E-state index is 0.550. The Kier molecular flexibility index (Phi) is 3.29. The maximum absolute atomic E-state index is 6.03. The number of nitrogens with zero attached hydrogens (tertiary/aromatic N) is 3. The first kappa shape index (κ1) is 10.9. The summed E-state index contributed by atoms with van der Waals surface area (Å²) >= 11 is 15.1. The fourth-order valence-electron chi connectivity index (χ4n) is 1.14. The molecule has 15 heavy (non-hydrogen) atoms. The number of hydrogen-bond donors (Lipinski definition) is 0. The third-order valence-corrected chi connectivity index (χ3v) is 2.95. The van der Waals surface area contributed by atoms with Crippen molar-refractivity contribution in [3.8, 4) is 5.69 Å². The smallest absolute Gasteiger partial charge is 0.0937 e. The molecule has 3 nitrogen and oxygen atoms in total. The molecule has 0 unspecified atom stereocenters. The summed E-state index contributed by atoms with van der Waals surface area (Å²) in [7, 11) is 0. The summed E-state index contributed by atoms with van der Waals surface area (Å²) in [4.78, 5) is 0. The third-order valence-electron chi connectivity index (χ3n) is 1.83. The monoisotopic (exact) mass is 305 g/mol. The molecule has 1 aromatic carbocycles. The molecule has 6 heteroatoms. The van der Waals surface area contributed by atoms with E-state index in [4.69, 9.17) is 23.2 Å². The molecule has 0 N–H and O–H groups in total. The molecule has 0 amide bonds. The van der Waals surface area contributed by atoms with Crippen molar-refractivity contribution in [3.05, 3.63) is 40.1 Å². The van der Waals surface area contributed by atoms with Crippen LogP contribution in [0.15, 0.2) is 24.4 Å². The van der Waals surface area contributed by atoms with E-state index in [0.717, 1.165) is 11.4 Å². The largest absolute Gasteiger partial charge is 0.219 e. The number of halogens is 3. The Hall–Kier alpha value is -0.580. The molecular weight excluding hydrogens is 301 g/mol. The van der Waals surface area contributed by atoms with Crippen molar-refractivity contribution < 1.29 is 0 Å². The molecule has 1 heterocycles. The lowest BCUT2D eigenvalue weighted by Crippen LogP contribution is -1.95. The quantitative estimate of drug-likeness (QED) is 0.795. The lowest BCUT2D eigenvalue weighted by atomic mass is 10.3. The second-order valence-electron chi connectivity index (χ2n) is 2.88. The second kappa shape index (κ2) is 4.51. The summed E-state index contributed by atoms with van der Waals surface area (Å²) in [6, 6.07) is 5.24. The van der Waals surface area contributed by atoms with Crippen molar-refractivity contribution in [2.45, 2.75) is 5.33 Å². The van der Waals surface area contributed by atoms with Crippen LogP contribution in [0, 0.1) is 0 Å². The zero-order chi connectivity index (χ0) is 10.8. The average Bonchev–Trinajstić information content (AvgIpc) is 2.66. The van der Waals surface area contributed by atoms with E-state index in [1.165, 1.54) is 0 Å². The van der Waals surface area contributed by atoms with Gasteiger partial charge in [-0.15, -0.1) is 5.10 Å². The number of rotatable bonds is 2. The van der Waals surface area contributed by atoms with Crippen molar-refractivity contribution in [3.63, 3.8) is 0 Å². The Morgan fingerprint density at radius 3 is 2.73 bits per heavy atom. The molecule has 0 bridgehead atoms. The van der Waals surface area contributed by atoms with Gasteiger partial charge in [0, 0.05) is 10.4 Å². The molecule has 2 rings (SSSR count). The SMILES string of the molecule is Clc1ccc(-n2cc(CBr)nn2)c(Cl)c1. The van der Waals surface area contributed by atoms with Gasteiger partial charge in [0.25, 0.3) is 0 Å². The highest BCUT2D eigenvalue weighted by Gasteiger charge is 2.06. The Labute approximate surface area is 105 Å². The van der Waals surface area contributed by atoms with E-state index in [0.29, 0.717) is 15.4 Å². The van der Waals surface area contributed by atoms with Gasteiger partial charge in [0.05, 0.1) is 22.6 Å². The third kappa shape index (κ3) is 2.33. The molecule has 0 aliphatic carbocycles. The average molecular weight is 307 g/mol. The lowest BCUT2D eigenvalue weighted by Gasteiger charge is -2.02. The van der Waals surface area contributed by atoms with Crippen molar-refractivity contribution in [2.24, 2.45) is 0 Å². The van der Waals surface area contributed by atoms with Gasteiger partial charge in [-0.1, -0.05) is 44.3 Å². The maximum Gasteiger partial charge on any atom is 0.0937 e. The van der Waals surface area contributed by atoms with Crippen LogP contribution >= 0.6 is 39.1 Å². The molecule has 0 spiro atoms. The number of benzene rings is 1. The Morgan fingerprint density at radius 2 is 2.13 bits per heavy atom. The van der Waals surface area contributed by atoms with Crippen molar-refractivity contribution in [1.82, 2.24) is 15.0 Å². The first-order valence-electron chi connectivity index (χ1n) is 4.13. The summed E-state index contributed by atoms with van der Waals surface area (Å²) in [6.07, 6.45) is 1.81. The van der Waals surface area contributed by atoms with Crippen molar-refractivity contribution in [2.75, 3.05) is 0 Å². The molecule has 78 valence electrons. The first-order chi connectivity index (χ1) is 7.20. The topological polar surface area (TPSA) is 30.7 Å². The van der Waals surface area contributed by atoms with Crippen LogP contribution in [0.2, 0.25) is 10.0 Å². The van der Waals surface area contributed by atoms with Gasteiger partial charge in [-0.05, 0) is 18.2 Å². The first-order valence-corrected chi connectivity index (χ1v) is 6.01. The maximum atomic E-state index is 6.03. The van der Waals surface area contributed by atoms with Crippen LogP contribution in [-0.4, -0.2) is 15.0 Å². The summed E-state index contributed by atoms with van der Waals surface area (Å²) < 4.78 is 1.62. The normalized spacial score (nSPS) is 10.6. The van der Waals surface area contributed by atoms with Crippen LogP contribution in [0.4, 0.5) is 0 Å². The van der Waals surface area contributed by atoms with Crippen molar-refractivity contribution >= 4 is 39.1 Å². The predicted molar refractivity (Wildman–Crippen MR) is 64.0 cm³/mol. The lowest BCUT2D eigenvalue weighted by molar-refractivity contribution is 0.801. The molecule has 0 fully saturated rings. The van der Waals surface area contributed by atoms with E-state index in [9.17, 15) is 0 Å². The van der Waals surface area contributed by atoms with Crippen LogP contribution in [0.25, 0.3) is 5.69 Å². The molecule has 0 atom stereocenters. The summed E-state index contributed by atoms with van der Waals surface area (Å²) in [5.74, 6) is 0. The molecule has 0 aliphatic rings. The zero-order valence-corrected chi connectivity index (χ0v) is 10.6. The summed E-state index contributed by atoms with van der Waals surface area (Å²) in [6.45, 7) is 0. The minimum Gasteiger partial charge on any atom is -0.219 e. The molecule has 0 aliphatic heterocycles. The molecule has 2 aromatic rings. The standard InChI is InChI=1S/C9H6BrCl2N3/c10-4-7-5-15(14-13-7)9-2-1-6(11)3-8(9)12/h1-3,5H,4H2. The van der Waals surface area contributed by atoms with Gasteiger partial charge in [0.1, 0.15) is 0 Å². The highest BCUT2D eigenvalue weighted by Crippen LogP contribution is 2.23. The van der Waals surface area contributed by atoms with Crippen molar-refractivity contribution in [1.29, 1.82) is 0 Å². The fourth-order valence-corrected chi connectivity index (χ4v) is 1.90.